The van der Waals surface area contributed by atoms with Crippen molar-refractivity contribution in [2.45, 2.75) is 13.8 Å². The van der Waals surface area contributed by atoms with Crippen LogP contribution in [0.15, 0.2) is 60.7 Å². The van der Waals surface area contributed by atoms with Crippen molar-refractivity contribution >= 4 is 23.2 Å². The topological polar surface area (TPSA) is 76.1 Å². The zero-order valence-corrected chi connectivity index (χ0v) is 14.7. The number of nitrogens with one attached hydrogen (secondary N) is 2. The Morgan fingerprint density at radius 3 is 2.35 bits per heavy atom. The minimum absolute atomic E-state index is 0.0893. The molecule has 6 heteroatoms. The number of aryl methyl sites for hydroxylation is 2. The molecule has 2 N–H and O–H groups in total. The molecule has 1 aromatic heterocycles. The lowest BCUT2D eigenvalue weighted by Crippen LogP contribution is -2.21. The molecule has 0 bridgehead atoms. The summed E-state index contributed by atoms with van der Waals surface area (Å²) in [6.07, 6.45) is 0. The monoisotopic (exact) mass is 348 g/mol. The number of aromatic nitrogens is 2. The van der Waals surface area contributed by atoms with Gasteiger partial charge in [0, 0.05) is 5.69 Å². The highest BCUT2D eigenvalue weighted by Gasteiger charge is 2.06. The van der Waals surface area contributed by atoms with Crippen molar-refractivity contribution in [2.24, 2.45) is 0 Å². The molecule has 132 valence electrons. The molecule has 0 atom stereocenters. The van der Waals surface area contributed by atoms with E-state index in [1.165, 1.54) is 0 Å². The van der Waals surface area contributed by atoms with Crippen molar-refractivity contribution in [1.82, 2.24) is 10.2 Å². The van der Waals surface area contributed by atoms with Gasteiger partial charge in [-0.1, -0.05) is 29.8 Å². The van der Waals surface area contributed by atoms with Gasteiger partial charge in [0.2, 0.25) is 0 Å². The molecule has 6 nitrogen and oxygen atoms in total. The van der Waals surface area contributed by atoms with Crippen LogP contribution in [0.4, 0.5) is 17.3 Å². The van der Waals surface area contributed by atoms with Crippen molar-refractivity contribution in [2.75, 3.05) is 17.2 Å². The zero-order chi connectivity index (χ0) is 18.4. The third-order valence-electron chi connectivity index (χ3n) is 3.61. The SMILES string of the molecule is Cc1ccc(OCC(=O)Nc2ccc(Nc3cccc(C)c3)nn2)cc1. The van der Waals surface area contributed by atoms with Gasteiger partial charge in [0.05, 0.1) is 0 Å². The summed E-state index contributed by atoms with van der Waals surface area (Å²) in [6, 6.07) is 18.9. The molecule has 0 aliphatic rings. The molecule has 26 heavy (non-hydrogen) atoms. The van der Waals surface area contributed by atoms with Crippen LogP contribution >= 0.6 is 0 Å². The number of carbonyl (C=O) groups excluding carboxylic acids is 1. The van der Waals surface area contributed by atoms with Gasteiger partial charge in [-0.15, -0.1) is 10.2 Å². The van der Waals surface area contributed by atoms with E-state index in [9.17, 15) is 4.79 Å². The summed E-state index contributed by atoms with van der Waals surface area (Å²) < 4.78 is 5.44. The number of benzene rings is 2. The fourth-order valence-corrected chi connectivity index (χ4v) is 2.30. The van der Waals surface area contributed by atoms with Crippen LogP contribution in [0.3, 0.4) is 0 Å². The van der Waals surface area contributed by atoms with Crippen molar-refractivity contribution in [3.05, 3.63) is 71.8 Å². The molecule has 0 aliphatic carbocycles. The number of rotatable bonds is 6. The van der Waals surface area contributed by atoms with Crippen LogP contribution in [0, 0.1) is 13.8 Å². The summed E-state index contributed by atoms with van der Waals surface area (Å²) in [7, 11) is 0. The molecule has 0 fully saturated rings. The van der Waals surface area contributed by atoms with E-state index in [4.69, 9.17) is 4.74 Å². The Labute approximate surface area is 152 Å². The normalized spacial score (nSPS) is 10.2. The van der Waals surface area contributed by atoms with Crippen LogP contribution in [-0.2, 0) is 4.79 Å². The van der Waals surface area contributed by atoms with Gasteiger partial charge >= 0.3 is 0 Å². The predicted molar refractivity (Wildman–Crippen MR) is 102 cm³/mol. The van der Waals surface area contributed by atoms with Crippen molar-refractivity contribution < 1.29 is 9.53 Å². The first kappa shape index (κ1) is 17.4. The average Bonchev–Trinajstić information content (AvgIpc) is 2.63. The highest BCUT2D eigenvalue weighted by atomic mass is 16.5. The first-order valence-electron chi connectivity index (χ1n) is 8.25. The first-order valence-corrected chi connectivity index (χ1v) is 8.25. The smallest absolute Gasteiger partial charge is 0.263 e. The van der Waals surface area contributed by atoms with Gasteiger partial charge in [-0.05, 0) is 55.8 Å². The van der Waals surface area contributed by atoms with E-state index < -0.39 is 0 Å². The van der Waals surface area contributed by atoms with Gasteiger partial charge in [0.25, 0.3) is 5.91 Å². The van der Waals surface area contributed by atoms with Gasteiger partial charge in [-0.3, -0.25) is 4.79 Å². The Morgan fingerprint density at radius 1 is 0.923 bits per heavy atom. The van der Waals surface area contributed by atoms with E-state index in [1.807, 2.05) is 62.4 Å². The molecule has 1 heterocycles. The Hall–Kier alpha value is -3.41. The summed E-state index contributed by atoms with van der Waals surface area (Å²) in [5, 5.41) is 13.9. The minimum atomic E-state index is -0.292. The Bertz CT molecular complexity index is 877. The molecule has 0 saturated heterocycles. The largest absolute Gasteiger partial charge is 0.484 e. The van der Waals surface area contributed by atoms with E-state index in [1.54, 1.807) is 12.1 Å². The summed E-state index contributed by atoms with van der Waals surface area (Å²) in [5.74, 6) is 1.33. The second-order valence-electron chi connectivity index (χ2n) is 5.95. The number of amides is 1. The van der Waals surface area contributed by atoms with Gasteiger partial charge in [-0.2, -0.15) is 0 Å². The van der Waals surface area contributed by atoms with Crippen LogP contribution in [0.5, 0.6) is 5.75 Å². The quantitative estimate of drug-likeness (QED) is 0.707. The van der Waals surface area contributed by atoms with E-state index in [2.05, 4.69) is 20.8 Å². The second-order valence-corrected chi connectivity index (χ2v) is 5.95. The molecule has 0 spiro atoms. The molecule has 0 saturated carbocycles. The minimum Gasteiger partial charge on any atom is -0.484 e. The predicted octanol–water partition coefficient (Wildman–Crippen LogP) is 3.85. The van der Waals surface area contributed by atoms with E-state index in [0.29, 0.717) is 17.4 Å². The number of carbonyl (C=O) groups is 1. The van der Waals surface area contributed by atoms with Crippen molar-refractivity contribution in [3.63, 3.8) is 0 Å². The van der Waals surface area contributed by atoms with Crippen molar-refractivity contribution in [1.29, 1.82) is 0 Å². The number of hydrogen-bond acceptors (Lipinski definition) is 5. The number of nitrogens with zero attached hydrogens (tertiary/aromatic N) is 2. The Morgan fingerprint density at radius 2 is 1.65 bits per heavy atom. The van der Waals surface area contributed by atoms with Crippen LogP contribution in [0.1, 0.15) is 11.1 Å². The van der Waals surface area contributed by atoms with E-state index in [-0.39, 0.29) is 12.5 Å². The third kappa shape index (κ3) is 5.04. The maximum atomic E-state index is 11.9. The third-order valence-corrected chi connectivity index (χ3v) is 3.61. The molecule has 2 aromatic carbocycles. The fraction of sp³-hybridized carbons (Fsp3) is 0.150. The van der Waals surface area contributed by atoms with E-state index in [0.717, 1.165) is 16.8 Å². The number of anilines is 3. The Kier molecular flexibility index (Phi) is 5.43. The molecule has 1 amide bonds. The fourth-order valence-electron chi connectivity index (χ4n) is 2.30. The molecule has 3 aromatic rings. The van der Waals surface area contributed by atoms with Gasteiger partial charge in [0.1, 0.15) is 5.75 Å². The number of ether oxygens (including phenoxy) is 1. The molecule has 3 rings (SSSR count). The maximum Gasteiger partial charge on any atom is 0.263 e. The molecular weight excluding hydrogens is 328 g/mol. The standard InChI is InChI=1S/C20H20N4O2/c1-14-6-8-17(9-7-14)26-13-20(25)22-19-11-10-18(23-24-19)21-16-5-3-4-15(2)12-16/h3-12H,13H2,1-2H3,(H,21,23)(H,22,24,25). The maximum absolute atomic E-state index is 11.9. The lowest BCUT2D eigenvalue weighted by Gasteiger charge is -2.08. The average molecular weight is 348 g/mol. The summed E-state index contributed by atoms with van der Waals surface area (Å²) in [4.78, 5) is 11.9. The zero-order valence-electron chi connectivity index (χ0n) is 14.7. The highest BCUT2D eigenvalue weighted by Crippen LogP contribution is 2.16. The highest BCUT2D eigenvalue weighted by molar-refractivity contribution is 5.90. The van der Waals surface area contributed by atoms with Crippen molar-refractivity contribution in [3.8, 4) is 5.75 Å². The van der Waals surface area contributed by atoms with Gasteiger partial charge in [0.15, 0.2) is 18.2 Å². The lowest BCUT2D eigenvalue weighted by atomic mass is 10.2. The van der Waals surface area contributed by atoms with E-state index >= 15 is 0 Å². The summed E-state index contributed by atoms with van der Waals surface area (Å²) >= 11 is 0. The van der Waals surface area contributed by atoms with Gasteiger partial charge < -0.3 is 15.4 Å². The first-order chi connectivity index (χ1) is 12.6. The van der Waals surface area contributed by atoms with Crippen LogP contribution in [0.2, 0.25) is 0 Å². The second kappa shape index (κ2) is 8.11. The van der Waals surface area contributed by atoms with Crippen LogP contribution in [-0.4, -0.2) is 22.7 Å². The van der Waals surface area contributed by atoms with Crippen LogP contribution in [0.25, 0.3) is 0 Å². The molecule has 0 unspecified atom stereocenters. The molecular formula is C20H20N4O2. The lowest BCUT2D eigenvalue weighted by molar-refractivity contribution is -0.118. The summed E-state index contributed by atoms with van der Waals surface area (Å²) in [6.45, 7) is 3.93. The molecule has 0 radical (unpaired) electrons. The summed E-state index contributed by atoms with van der Waals surface area (Å²) in [5.41, 5.74) is 3.22. The molecule has 0 aliphatic heterocycles. The van der Waals surface area contributed by atoms with Crippen LogP contribution < -0.4 is 15.4 Å². The Balaban J connectivity index is 1.51. The number of hydrogen-bond donors (Lipinski definition) is 2. The van der Waals surface area contributed by atoms with Gasteiger partial charge in [-0.25, -0.2) is 0 Å².